The molecule has 0 aromatic rings. The Morgan fingerprint density at radius 3 is 2.00 bits per heavy atom. The molecule has 0 aliphatic heterocycles. The third kappa shape index (κ3) is 8.35. The lowest BCUT2D eigenvalue weighted by Crippen LogP contribution is -2.00. The summed E-state index contributed by atoms with van der Waals surface area (Å²) in [6.07, 6.45) is 11.8. The minimum atomic E-state index is 0.679. The van der Waals surface area contributed by atoms with Crippen molar-refractivity contribution in [3.05, 3.63) is 0 Å². The van der Waals surface area contributed by atoms with Crippen LogP contribution in [0.4, 0.5) is 0 Å². The number of unbranched alkanes of at least 4 members (excludes halogenated alkanes) is 4. The van der Waals surface area contributed by atoms with Gasteiger partial charge in [-0.25, -0.2) is 0 Å². The van der Waals surface area contributed by atoms with Crippen LogP contribution in [0.25, 0.3) is 0 Å². The first-order valence-corrected chi connectivity index (χ1v) is 6.52. The fourth-order valence-electron chi connectivity index (χ4n) is 0.994. The first-order valence-electron chi connectivity index (χ1n) is 4.31. The van der Waals surface area contributed by atoms with E-state index in [2.05, 4.69) is 19.4 Å². The van der Waals surface area contributed by atoms with Crippen LogP contribution in [0.5, 0.6) is 0 Å². The average Bonchev–Trinajstić information content (AvgIpc) is 1.87. The highest BCUT2D eigenvalue weighted by Crippen LogP contribution is 2.03. The first kappa shape index (κ1) is 10.3. The van der Waals surface area contributed by atoms with Gasteiger partial charge in [0.2, 0.25) is 0 Å². The molecule has 0 bridgehead atoms. The Morgan fingerprint density at radius 1 is 0.900 bits per heavy atom. The van der Waals surface area contributed by atoms with Gasteiger partial charge in [0.05, 0.1) is 12.5 Å². The summed E-state index contributed by atoms with van der Waals surface area (Å²) in [6.45, 7) is 2.27. The van der Waals surface area contributed by atoms with Crippen molar-refractivity contribution in [2.24, 2.45) is 0 Å². The zero-order chi connectivity index (χ0) is 7.82. The predicted octanol–water partition coefficient (Wildman–Crippen LogP) is 2.83. The minimum absolute atomic E-state index is 0.679. The molecule has 0 aliphatic carbocycles. The van der Waals surface area contributed by atoms with Crippen molar-refractivity contribution in [2.75, 3.05) is 18.3 Å². The molecule has 0 saturated heterocycles. The van der Waals surface area contributed by atoms with Gasteiger partial charge in [0.15, 0.2) is 0 Å². The van der Waals surface area contributed by atoms with Crippen LogP contribution in [-0.4, -0.2) is 18.3 Å². The zero-order valence-corrected chi connectivity index (χ0v) is 8.47. The van der Waals surface area contributed by atoms with E-state index < -0.39 is 0 Å². The molecule has 0 unspecified atom stereocenters. The second-order valence-electron chi connectivity index (χ2n) is 3.10. The van der Waals surface area contributed by atoms with Gasteiger partial charge in [0.1, 0.15) is 5.75 Å². The summed E-state index contributed by atoms with van der Waals surface area (Å²) in [4.78, 5) is 0. The van der Waals surface area contributed by atoms with E-state index >= 15 is 0 Å². The number of rotatable bonds is 6. The number of hydrogen-bond acceptors (Lipinski definition) is 0. The lowest BCUT2D eigenvalue weighted by molar-refractivity contribution is 0.659. The van der Waals surface area contributed by atoms with Crippen LogP contribution in [-0.2, 0) is 10.9 Å². The molecule has 0 atom stereocenters. The van der Waals surface area contributed by atoms with E-state index in [-0.39, 0.29) is 0 Å². The third-order valence-corrected chi connectivity index (χ3v) is 2.76. The topological polar surface area (TPSA) is 0 Å². The third-order valence-electron chi connectivity index (χ3n) is 1.66. The Kier molecular flexibility index (Phi) is 7.72. The lowest BCUT2D eigenvalue weighted by Gasteiger charge is -1.97. The van der Waals surface area contributed by atoms with Gasteiger partial charge in [-0.3, -0.25) is 0 Å². The quantitative estimate of drug-likeness (QED) is 0.415. The summed E-state index contributed by atoms with van der Waals surface area (Å²) in [5.41, 5.74) is 0. The maximum atomic E-state index is 2.33. The molecule has 0 nitrogen and oxygen atoms in total. The average molecular weight is 161 g/mol. The van der Waals surface area contributed by atoms with E-state index in [1.54, 1.807) is 0 Å². The highest BCUT2D eigenvalue weighted by molar-refractivity contribution is 7.95. The van der Waals surface area contributed by atoms with Crippen molar-refractivity contribution in [1.82, 2.24) is 0 Å². The van der Waals surface area contributed by atoms with Gasteiger partial charge in [-0.1, -0.05) is 26.2 Å². The van der Waals surface area contributed by atoms with Crippen molar-refractivity contribution >= 4 is 10.9 Å². The molecule has 0 amide bonds. The van der Waals surface area contributed by atoms with Gasteiger partial charge in [-0.05, 0) is 23.7 Å². The van der Waals surface area contributed by atoms with Crippen molar-refractivity contribution in [1.29, 1.82) is 0 Å². The molecule has 0 aromatic carbocycles. The van der Waals surface area contributed by atoms with E-state index in [0.717, 1.165) is 0 Å². The molecule has 0 heterocycles. The van der Waals surface area contributed by atoms with E-state index in [4.69, 9.17) is 0 Å². The SMILES string of the molecule is CCCCCCC[S+](C)C. The van der Waals surface area contributed by atoms with Crippen molar-refractivity contribution in [3.8, 4) is 0 Å². The Balaban J connectivity index is 2.77. The van der Waals surface area contributed by atoms with Crippen molar-refractivity contribution < 1.29 is 0 Å². The van der Waals surface area contributed by atoms with Crippen LogP contribution in [0.2, 0.25) is 0 Å². The molecule has 0 aliphatic rings. The van der Waals surface area contributed by atoms with E-state index in [1.165, 1.54) is 37.9 Å². The summed E-state index contributed by atoms with van der Waals surface area (Å²) in [6, 6.07) is 0. The van der Waals surface area contributed by atoms with Gasteiger partial charge >= 0.3 is 0 Å². The Hall–Kier alpha value is 0.350. The molecular formula is C9H21S+. The smallest absolute Gasteiger partial charge is 0.0654 e. The van der Waals surface area contributed by atoms with E-state index in [9.17, 15) is 0 Å². The monoisotopic (exact) mass is 161 g/mol. The molecule has 0 spiro atoms. The molecule has 0 aromatic heterocycles. The Labute approximate surface area is 68.7 Å². The van der Waals surface area contributed by atoms with Gasteiger partial charge in [0.25, 0.3) is 0 Å². The largest absolute Gasteiger partial charge is 0.107 e. The van der Waals surface area contributed by atoms with Crippen LogP contribution < -0.4 is 0 Å². The molecule has 10 heavy (non-hydrogen) atoms. The van der Waals surface area contributed by atoms with E-state index in [1.807, 2.05) is 0 Å². The van der Waals surface area contributed by atoms with Crippen molar-refractivity contribution in [3.63, 3.8) is 0 Å². The fourth-order valence-corrected chi connectivity index (χ4v) is 1.78. The standard InChI is InChI=1S/C9H21S/c1-4-5-6-7-8-9-10(2)3/h4-9H2,1-3H3/q+1. The molecule has 0 N–H and O–H groups in total. The summed E-state index contributed by atoms with van der Waals surface area (Å²) < 4.78 is 0. The summed E-state index contributed by atoms with van der Waals surface area (Å²) in [7, 11) is 0.679. The molecule has 0 saturated carbocycles. The van der Waals surface area contributed by atoms with Gasteiger partial charge in [-0.2, -0.15) is 0 Å². The van der Waals surface area contributed by atoms with Crippen LogP contribution in [0.3, 0.4) is 0 Å². The zero-order valence-electron chi connectivity index (χ0n) is 7.65. The van der Waals surface area contributed by atoms with Gasteiger partial charge in [-0.15, -0.1) is 0 Å². The first-order chi connectivity index (χ1) is 4.77. The summed E-state index contributed by atoms with van der Waals surface area (Å²) in [5.74, 6) is 1.45. The van der Waals surface area contributed by atoms with Crippen LogP contribution >= 0.6 is 0 Å². The molecule has 62 valence electrons. The number of hydrogen-bond donors (Lipinski definition) is 0. The maximum Gasteiger partial charge on any atom is 0.107 e. The molecule has 0 fully saturated rings. The van der Waals surface area contributed by atoms with Crippen LogP contribution in [0, 0.1) is 0 Å². The second kappa shape index (κ2) is 7.46. The Morgan fingerprint density at radius 2 is 1.50 bits per heavy atom. The molecule has 0 radical (unpaired) electrons. The highest BCUT2D eigenvalue weighted by Gasteiger charge is 1.99. The fraction of sp³-hybridized carbons (Fsp3) is 1.00. The van der Waals surface area contributed by atoms with E-state index in [0.29, 0.717) is 10.9 Å². The summed E-state index contributed by atoms with van der Waals surface area (Å²) >= 11 is 0. The van der Waals surface area contributed by atoms with Crippen LogP contribution in [0.15, 0.2) is 0 Å². The lowest BCUT2D eigenvalue weighted by atomic mass is 10.2. The van der Waals surface area contributed by atoms with Gasteiger partial charge < -0.3 is 0 Å². The second-order valence-corrected chi connectivity index (χ2v) is 5.48. The van der Waals surface area contributed by atoms with Crippen molar-refractivity contribution in [2.45, 2.75) is 39.0 Å². The van der Waals surface area contributed by atoms with Crippen LogP contribution in [0.1, 0.15) is 39.0 Å². The molecule has 0 rings (SSSR count). The van der Waals surface area contributed by atoms with Gasteiger partial charge in [0, 0.05) is 0 Å². The predicted molar refractivity (Wildman–Crippen MR) is 52.8 cm³/mol. The molecule has 1 heteroatoms. The summed E-state index contributed by atoms with van der Waals surface area (Å²) in [5, 5.41) is 0. The normalized spacial score (nSPS) is 10.8. The minimum Gasteiger partial charge on any atom is -0.0654 e. The highest BCUT2D eigenvalue weighted by atomic mass is 32.2. The Bertz CT molecular complexity index is 59.7. The maximum absolute atomic E-state index is 2.33. The molecular weight excluding hydrogens is 140 g/mol.